The molecule has 0 fully saturated rings. The van der Waals surface area contributed by atoms with Crippen molar-refractivity contribution in [1.29, 1.82) is 5.41 Å². The Balaban J connectivity index is 2.78. The van der Waals surface area contributed by atoms with Crippen molar-refractivity contribution in [2.24, 2.45) is 11.8 Å². The molecular formula is C15H23NO4P+. The second-order valence-corrected chi connectivity index (χ2v) is 8.05. The minimum atomic E-state index is -3.63. The van der Waals surface area contributed by atoms with Gasteiger partial charge in [0.1, 0.15) is 6.16 Å². The van der Waals surface area contributed by atoms with Crippen molar-refractivity contribution in [1.82, 2.24) is 0 Å². The lowest BCUT2D eigenvalue weighted by molar-refractivity contribution is -0.141. The van der Waals surface area contributed by atoms with E-state index in [1.54, 1.807) is 0 Å². The summed E-state index contributed by atoms with van der Waals surface area (Å²) in [5.74, 6) is -1.83. The molecule has 0 heterocycles. The lowest BCUT2D eigenvalue weighted by atomic mass is 10.0. The van der Waals surface area contributed by atoms with E-state index in [9.17, 15) is 19.7 Å². The molecule has 0 bridgehead atoms. The molecule has 0 saturated carbocycles. The van der Waals surface area contributed by atoms with Gasteiger partial charge in [-0.1, -0.05) is 44.2 Å². The normalized spacial score (nSPS) is 13.2. The van der Waals surface area contributed by atoms with Crippen molar-refractivity contribution in [3.8, 4) is 0 Å². The van der Waals surface area contributed by atoms with Gasteiger partial charge >= 0.3 is 13.7 Å². The van der Waals surface area contributed by atoms with Crippen LogP contribution in [-0.2, 0) is 11.2 Å². The Labute approximate surface area is 125 Å². The topological polar surface area (TPSA) is 102 Å². The zero-order valence-corrected chi connectivity index (χ0v) is 13.3. The predicted molar refractivity (Wildman–Crippen MR) is 84.7 cm³/mol. The molecule has 1 aromatic carbocycles. The van der Waals surface area contributed by atoms with E-state index in [0.717, 1.165) is 5.56 Å². The Morgan fingerprint density at radius 2 is 1.81 bits per heavy atom. The molecule has 1 atom stereocenters. The Morgan fingerprint density at radius 3 is 2.29 bits per heavy atom. The number of benzene rings is 1. The highest BCUT2D eigenvalue weighted by Gasteiger charge is 2.44. The SMILES string of the molecule is CC(C)CC(=N)[P+](O)(O)CC(Cc1ccccc1)C(=O)O. The van der Waals surface area contributed by atoms with Gasteiger partial charge in [-0.25, -0.2) is 9.79 Å². The van der Waals surface area contributed by atoms with Gasteiger partial charge in [0.2, 0.25) is 5.45 Å². The maximum atomic E-state index is 11.4. The Morgan fingerprint density at radius 1 is 1.24 bits per heavy atom. The van der Waals surface area contributed by atoms with E-state index >= 15 is 0 Å². The van der Waals surface area contributed by atoms with E-state index in [0.29, 0.717) is 0 Å². The number of carbonyl (C=O) groups is 1. The second kappa shape index (κ2) is 7.64. The number of carboxylic acid groups (broad SMARTS) is 1. The molecule has 0 radical (unpaired) electrons. The average molecular weight is 312 g/mol. The lowest BCUT2D eigenvalue weighted by Crippen LogP contribution is -2.25. The van der Waals surface area contributed by atoms with Crippen molar-refractivity contribution in [2.45, 2.75) is 26.7 Å². The summed E-state index contributed by atoms with van der Waals surface area (Å²) < 4.78 is 0. The summed E-state index contributed by atoms with van der Waals surface area (Å²) >= 11 is 0. The molecule has 0 aromatic heterocycles. The summed E-state index contributed by atoms with van der Waals surface area (Å²) in [5, 5.41) is 17.1. The molecule has 0 aliphatic heterocycles. The first kappa shape index (κ1) is 17.8. The van der Waals surface area contributed by atoms with Gasteiger partial charge in [-0.05, 0) is 17.9 Å². The Kier molecular flexibility index (Phi) is 6.46. The molecular weight excluding hydrogens is 289 g/mol. The van der Waals surface area contributed by atoms with E-state index in [4.69, 9.17) is 5.41 Å². The maximum absolute atomic E-state index is 11.4. The van der Waals surface area contributed by atoms with Gasteiger partial charge in [0, 0.05) is 6.42 Å². The molecule has 0 aliphatic rings. The second-order valence-electron chi connectivity index (χ2n) is 5.68. The van der Waals surface area contributed by atoms with Gasteiger partial charge < -0.3 is 5.11 Å². The van der Waals surface area contributed by atoms with E-state index in [1.807, 2.05) is 44.2 Å². The minimum absolute atomic E-state index is 0.128. The fourth-order valence-corrected chi connectivity index (χ4v) is 3.86. The molecule has 1 unspecified atom stereocenters. The van der Waals surface area contributed by atoms with Gasteiger partial charge in [-0.3, -0.25) is 10.2 Å². The fourth-order valence-electron chi connectivity index (χ4n) is 2.08. The van der Waals surface area contributed by atoms with Crippen LogP contribution >= 0.6 is 7.72 Å². The zero-order chi connectivity index (χ0) is 16.0. The summed E-state index contributed by atoms with van der Waals surface area (Å²) in [4.78, 5) is 31.6. The number of aliphatic carboxylic acids is 1. The Bertz CT molecular complexity index is 488. The third-order valence-corrected chi connectivity index (χ3v) is 5.18. The minimum Gasteiger partial charge on any atom is -0.481 e. The van der Waals surface area contributed by atoms with Crippen LogP contribution < -0.4 is 0 Å². The van der Waals surface area contributed by atoms with Crippen LogP contribution in [0.2, 0.25) is 0 Å². The Hall–Kier alpha value is -1.29. The molecule has 0 spiro atoms. The summed E-state index contributed by atoms with van der Waals surface area (Å²) in [7, 11) is -3.63. The molecule has 0 saturated heterocycles. The fraction of sp³-hybridized carbons (Fsp3) is 0.467. The molecule has 5 nitrogen and oxygen atoms in total. The van der Waals surface area contributed by atoms with Crippen LogP contribution in [0, 0.1) is 17.2 Å². The van der Waals surface area contributed by atoms with Crippen molar-refractivity contribution in [3.63, 3.8) is 0 Å². The third kappa shape index (κ3) is 5.92. The van der Waals surface area contributed by atoms with Crippen LogP contribution in [0.25, 0.3) is 0 Å². The van der Waals surface area contributed by atoms with Gasteiger partial charge in [-0.15, -0.1) is 0 Å². The van der Waals surface area contributed by atoms with Gasteiger partial charge in [0.05, 0.1) is 5.92 Å². The van der Waals surface area contributed by atoms with Crippen LogP contribution in [0.3, 0.4) is 0 Å². The van der Waals surface area contributed by atoms with E-state index < -0.39 is 19.6 Å². The zero-order valence-electron chi connectivity index (χ0n) is 12.4. The molecule has 6 heteroatoms. The van der Waals surface area contributed by atoms with Crippen molar-refractivity contribution >= 4 is 19.1 Å². The maximum Gasteiger partial charge on any atom is 0.314 e. The third-order valence-electron chi connectivity index (χ3n) is 3.18. The summed E-state index contributed by atoms with van der Waals surface area (Å²) in [5.41, 5.74) is 0.706. The average Bonchev–Trinajstić information content (AvgIpc) is 2.38. The van der Waals surface area contributed by atoms with Gasteiger partial charge in [0.15, 0.2) is 0 Å². The molecule has 21 heavy (non-hydrogen) atoms. The van der Waals surface area contributed by atoms with Crippen LogP contribution in [0.15, 0.2) is 30.3 Å². The van der Waals surface area contributed by atoms with E-state index in [1.165, 1.54) is 0 Å². The highest BCUT2D eigenvalue weighted by molar-refractivity contribution is 7.81. The number of hydrogen-bond acceptors (Lipinski definition) is 4. The largest absolute Gasteiger partial charge is 0.481 e. The van der Waals surface area contributed by atoms with Crippen LogP contribution in [0.1, 0.15) is 25.8 Å². The van der Waals surface area contributed by atoms with Crippen LogP contribution in [-0.4, -0.2) is 32.5 Å². The molecule has 4 N–H and O–H groups in total. The smallest absolute Gasteiger partial charge is 0.314 e. The number of rotatable bonds is 8. The number of hydrogen-bond donors (Lipinski definition) is 4. The van der Waals surface area contributed by atoms with Crippen molar-refractivity contribution in [2.75, 3.05) is 6.16 Å². The standard InChI is InChI=1S/C15H22NO4P/c1-11(2)8-14(16)21(19,20)10-13(15(17)18)9-12-6-4-3-5-7-12/h3-7,11,13,16,19-20H,8-10H2,1-2H3/p+1. The summed E-state index contributed by atoms with van der Waals surface area (Å²) in [6.07, 6.45) is 0.231. The van der Waals surface area contributed by atoms with Crippen LogP contribution in [0.5, 0.6) is 0 Å². The monoisotopic (exact) mass is 312 g/mol. The van der Waals surface area contributed by atoms with Crippen molar-refractivity contribution < 1.29 is 19.7 Å². The highest BCUT2D eigenvalue weighted by Crippen LogP contribution is 2.54. The quantitative estimate of drug-likeness (QED) is 0.438. The van der Waals surface area contributed by atoms with Crippen LogP contribution in [0.4, 0.5) is 0 Å². The van der Waals surface area contributed by atoms with Crippen molar-refractivity contribution in [3.05, 3.63) is 35.9 Å². The van der Waals surface area contributed by atoms with Gasteiger partial charge in [-0.2, -0.15) is 0 Å². The van der Waals surface area contributed by atoms with E-state index in [-0.39, 0.29) is 30.4 Å². The van der Waals surface area contributed by atoms with E-state index in [2.05, 4.69) is 0 Å². The molecule has 1 rings (SSSR count). The number of nitrogens with one attached hydrogen (secondary N) is 1. The molecule has 0 amide bonds. The lowest BCUT2D eigenvalue weighted by Gasteiger charge is -2.18. The summed E-state index contributed by atoms with van der Waals surface area (Å²) in [6.45, 7) is 3.76. The predicted octanol–water partition coefficient (Wildman–Crippen LogP) is 2.79. The number of carboxylic acids is 1. The molecule has 116 valence electrons. The summed E-state index contributed by atoms with van der Waals surface area (Å²) in [6, 6.07) is 9.09. The highest BCUT2D eigenvalue weighted by atomic mass is 31.2. The first-order chi connectivity index (χ1) is 9.72. The molecule has 0 aliphatic carbocycles. The molecule has 1 aromatic rings. The van der Waals surface area contributed by atoms with Gasteiger partial charge in [0.25, 0.3) is 0 Å². The first-order valence-electron chi connectivity index (χ1n) is 6.90. The first-order valence-corrected chi connectivity index (χ1v) is 8.78.